The van der Waals surface area contributed by atoms with Crippen molar-refractivity contribution in [3.63, 3.8) is 0 Å². The molecule has 2 fully saturated rings. The second kappa shape index (κ2) is 5.62. The van der Waals surface area contributed by atoms with Crippen molar-refractivity contribution < 1.29 is 19.7 Å². The van der Waals surface area contributed by atoms with Gasteiger partial charge in [0.15, 0.2) is 11.5 Å². The zero-order chi connectivity index (χ0) is 21.1. The molecule has 0 radical (unpaired) electrons. The number of methoxy groups -OCH3 is 1. The fourth-order valence-electron chi connectivity index (χ4n) is 8.44. The maximum atomic E-state index is 11.7. The van der Waals surface area contributed by atoms with Gasteiger partial charge in [0.1, 0.15) is 11.7 Å². The standard InChI is InChI=1S/C25H33NO4/c1-5-8-22(2,28)17-14-23-9-10-25(17,29-4)21-24(23)11-12-26(3)18(23)13-15-6-7-16(27)20(30-21)19(15)24/h6-7,9-10,17-18,21,27-28H,5,8,11-14H2,1-4H3/t17-,18+,21-,22-,23-,24+,25-/m1/s1. The highest BCUT2D eigenvalue weighted by Gasteiger charge is 2.80. The highest BCUT2D eigenvalue weighted by Crippen LogP contribution is 2.75. The predicted octanol–water partition coefficient (Wildman–Crippen LogP) is 3.16. The van der Waals surface area contributed by atoms with Gasteiger partial charge >= 0.3 is 0 Å². The van der Waals surface area contributed by atoms with Crippen molar-refractivity contribution in [3.8, 4) is 11.5 Å². The molecule has 0 aromatic heterocycles. The number of phenolic OH excluding ortho intramolecular Hbond substituents is 1. The van der Waals surface area contributed by atoms with Crippen LogP contribution in [0.4, 0.5) is 0 Å². The normalized spacial score (nSPS) is 44.5. The molecule has 1 saturated carbocycles. The molecular formula is C25H33NO4. The lowest BCUT2D eigenvalue weighted by atomic mass is 9.36. The number of fused-ring (bicyclic) bond motifs is 1. The number of benzene rings is 1. The average Bonchev–Trinajstić information content (AvgIpc) is 3.09. The van der Waals surface area contributed by atoms with E-state index in [0.717, 1.165) is 38.6 Å². The molecule has 162 valence electrons. The predicted molar refractivity (Wildman–Crippen MR) is 114 cm³/mol. The van der Waals surface area contributed by atoms with Crippen LogP contribution in [-0.4, -0.2) is 59.2 Å². The minimum atomic E-state index is -0.850. The van der Waals surface area contributed by atoms with Crippen molar-refractivity contribution >= 4 is 0 Å². The summed E-state index contributed by atoms with van der Waals surface area (Å²) in [6.07, 6.45) is 8.86. The Bertz CT molecular complexity index is 957. The molecule has 4 bridgehead atoms. The minimum absolute atomic E-state index is 0.0647. The molecule has 30 heavy (non-hydrogen) atoms. The van der Waals surface area contributed by atoms with Crippen LogP contribution in [0.25, 0.3) is 0 Å². The van der Waals surface area contributed by atoms with Crippen LogP contribution in [0.5, 0.6) is 11.5 Å². The second-order valence-corrected chi connectivity index (χ2v) is 10.7. The van der Waals surface area contributed by atoms with Gasteiger partial charge in [-0.25, -0.2) is 0 Å². The third kappa shape index (κ3) is 1.80. The molecule has 6 aliphatic rings. The van der Waals surface area contributed by atoms with Crippen LogP contribution in [-0.2, 0) is 16.6 Å². The zero-order valence-corrected chi connectivity index (χ0v) is 18.4. The lowest BCUT2D eigenvalue weighted by Gasteiger charge is -2.72. The summed E-state index contributed by atoms with van der Waals surface area (Å²) in [5.74, 6) is 0.823. The van der Waals surface area contributed by atoms with Gasteiger partial charge in [0.05, 0.1) is 11.0 Å². The van der Waals surface area contributed by atoms with Gasteiger partial charge in [-0.3, -0.25) is 0 Å². The van der Waals surface area contributed by atoms with Crippen molar-refractivity contribution in [2.45, 2.75) is 74.7 Å². The zero-order valence-electron chi connectivity index (χ0n) is 18.4. The number of aromatic hydroxyl groups is 1. The summed E-state index contributed by atoms with van der Waals surface area (Å²) < 4.78 is 13.1. The van der Waals surface area contributed by atoms with Crippen molar-refractivity contribution in [2.24, 2.45) is 11.3 Å². The van der Waals surface area contributed by atoms with E-state index in [1.165, 1.54) is 11.1 Å². The van der Waals surface area contributed by atoms with Gasteiger partial charge < -0.3 is 24.6 Å². The van der Waals surface area contributed by atoms with Crippen molar-refractivity contribution in [1.29, 1.82) is 0 Å². The minimum Gasteiger partial charge on any atom is -0.504 e. The molecule has 7 rings (SSSR count). The highest BCUT2D eigenvalue weighted by molar-refractivity contribution is 5.65. The topological polar surface area (TPSA) is 62.2 Å². The van der Waals surface area contributed by atoms with E-state index in [4.69, 9.17) is 9.47 Å². The summed E-state index contributed by atoms with van der Waals surface area (Å²) >= 11 is 0. The van der Waals surface area contributed by atoms with E-state index in [1.54, 1.807) is 13.2 Å². The van der Waals surface area contributed by atoms with E-state index in [9.17, 15) is 10.2 Å². The van der Waals surface area contributed by atoms with Crippen LogP contribution < -0.4 is 4.74 Å². The van der Waals surface area contributed by atoms with Crippen LogP contribution in [0.3, 0.4) is 0 Å². The Morgan fingerprint density at radius 1 is 1.33 bits per heavy atom. The Hall–Kier alpha value is -1.56. The van der Waals surface area contributed by atoms with Crippen LogP contribution in [0.1, 0.15) is 50.7 Å². The third-order valence-corrected chi connectivity index (χ3v) is 9.58. The molecule has 2 heterocycles. The number of likely N-dealkylation sites (tertiary alicyclic amines) is 1. The van der Waals surface area contributed by atoms with E-state index in [-0.39, 0.29) is 28.6 Å². The number of likely N-dealkylation sites (N-methyl/N-ethyl adjacent to an activating group) is 1. The molecule has 5 heteroatoms. The first kappa shape index (κ1) is 19.1. The smallest absolute Gasteiger partial charge is 0.165 e. The quantitative estimate of drug-likeness (QED) is 0.746. The largest absolute Gasteiger partial charge is 0.504 e. The first-order valence-electron chi connectivity index (χ1n) is 11.5. The molecule has 0 unspecified atom stereocenters. The number of rotatable bonds is 4. The van der Waals surface area contributed by atoms with Crippen molar-refractivity contribution in [2.75, 3.05) is 20.7 Å². The van der Waals surface area contributed by atoms with Gasteiger partial charge in [0.2, 0.25) is 0 Å². The summed E-state index contributed by atoms with van der Waals surface area (Å²) in [4.78, 5) is 2.51. The van der Waals surface area contributed by atoms with E-state index >= 15 is 0 Å². The number of hydrogen-bond donors (Lipinski definition) is 2. The summed E-state index contributed by atoms with van der Waals surface area (Å²) in [5.41, 5.74) is 0.625. The number of hydrogen-bond acceptors (Lipinski definition) is 5. The molecule has 4 aliphatic carbocycles. The molecule has 0 amide bonds. The molecule has 5 nitrogen and oxygen atoms in total. The lowest BCUT2D eigenvalue weighted by molar-refractivity contribution is -0.247. The summed E-state index contributed by atoms with van der Waals surface area (Å²) in [6.45, 7) is 5.11. The second-order valence-electron chi connectivity index (χ2n) is 10.7. The number of ether oxygens (including phenoxy) is 2. The number of aliphatic hydroxyl groups is 1. The maximum Gasteiger partial charge on any atom is 0.165 e. The van der Waals surface area contributed by atoms with Gasteiger partial charge in [-0.1, -0.05) is 31.6 Å². The van der Waals surface area contributed by atoms with Crippen molar-refractivity contribution in [3.05, 3.63) is 35.4 Å². The molecule has 2 N–H and O–H groups in total. The molecular weight excluding hydrogens is 378 g/mol. The van der Waals surface area contributed by atoms with Gasteiger partial charge in [-0.15, -0.1) is 0 Å². The third-order valence-electron chi connectivity index (χ3n) is 9.58. The van der Waals surface area contributed by atoms with E-state index in [0.29, 0.717) is 11.8 Å². The van der Waals surface area contributed by atoms with E-state index in [2.05, 4.69) is 37.1 Å². The van der Waals surface area contributed by atoms with Gasteiger partial charge in [-0.2, -0.15) is 0 Å². The molecule has 2 spiro atoms. The maximum absolute atomic E-state index is 11.7. The first-order valence-corrected chi connectivity index (χ1v) is 11.5. The highest BCUT2D eigenvalue weighted by atomic mass is 16.6. The Labute approximate surface area is 178 Å². The number of nitrogens with zero attached hydrogens (tertiary/aromatic N) is 1. The first-order chi connectivity index (χ1) is 14.3. The Morgan fingerprint density at radius 3 is 2.87 bits per heavy atom. The Balaban J connectivity index is 1.66. The van der Waals surface area contributed by atoms with Gasteiger partial charge in [0, 0.05) is 30.0 Å². The van der Waals surface area contributed by atoms with Gasteiger partial charge in [-0.05, 0) is 57.8 Å². The number of piperidine rings is 1. The molecule has 1 aromatic carbocycles. The molecule has 2 aliphatic heterocycles. The van der Waals surface area contributed by atoms with E-state index in [1.807, 2.05) is 6.92 Å². The lowest BCUT2D eigenvalue weighted by Crippen LogP contribution is -2.80. The van der Waals surface area contributed by atoms with Crippen LogP contribution >= 0.6 is 0 Å². The average molecular weight is 412 g/mol. The monoisotopic (exact) mass is 411 g/mol. The molecule has 7 atom stereocenters. The summed E-state index contributed by atoms with van der Waals surface area (Å²) in [6, 6.07) is 4.23. The molecule has 1 aromatic rings. The van der Waals surface area contributed by atoms with Crippen LogP contribution in [0, 0.1) is 11.3 Å². The fraction of sp³-hybridized carbons (Fsp3) is 0.680. The van der Waals surface area contributed by atoms with Crippen molar-refractivity contribution in [1.82, 2.24) is 4.90 Å². The van der Waals surface area contributed by atoms with Crippen LogP contribution in [0.15, 0.2) is 24.3 Å². The van der Waals surface area contributed by atoms with E-state index < -0.39 is 11.2 Å². The number of phenols is 1. The Kier molecular flexibility index (Phi) is 3.59. The van der Waals surface area contributed by atoms with Gasteiger partial charge in [0.25, 0.3) is 0 Å². The van der Waals surface area contributed by atoms with Crippen LogP contribution in [0.2, 0.25) is 0 Å². The summed E-state index contributed by atoms with van der Waals surface area (Å²) in [7, 11) is 4.00. The fourth-order valence-corrected chi connectivity index (χ4v) is 8.44. The Morgan fingerprint density at radius 2 is 2.13 bits per heavy atom. The summed E-state index contributed by atoms with van der Waals surface area (Å²) in [5, 5.41) is 22.4. The SMILES string of the molecule is CCC[C@@](C)(O)[C@H]1C[C@@]23C=C[C@]1(OC)[C@@H]1Oc4c(O)ccc5c4[C@@]12CCN(C)[C@H]3C5. The molecule has 1 saturated heterocycles.